The van der Waals surface area contributed by atoms with Crippen LogP contribution in [0.2, 0.25) is 0 Å². The van der Waals surface area contributed by atoms with Gasteiger partial charge in [0.25, 0.3) is 0 Å². The van der Waals surface area contributed by atoms with Crippen molar-refractivity contribution in [3.05, 3.63) is 29.7 Å². The molecule has 2 fully saturated rings. The lowest BCUT2D eigenvalue weighted by molar-refractivity contribution is -0.127. The van der Waals surface area contributed by atoms with Crippen LogP contribution < -0.4 is 5.32 Å². The zero-order valence-electron chi connectivity index (χ0n) is 17.9. The second kappa shape index (κ2) is 7.56. The molecule has 2 saturated heterocycles. The standard InChI is InChI=1S/C22H29FN4O3/c1-22(2,3)30-21(29)27-15-6-7-16(27)11-14(10-15)20(28)24-12-13-5-8-18-17(9-13)19(23)25-26(18)4/h5,8-9,14-16H,6-7,10-12H2,1-4H3,(H,24,28)/t14-,15-,16+. The molecular formula is C22H29FN4O3. The van der Waals surface area contributed by atoms with E-state index in [1.54, 1.807) is 13.1 Å². The molecule has 2 aliphatic rings. The summed E-state index contributed by atoms with van der Waals surface area (Å²) in [5, 5.41) is 7.23. The molecule has 2 aliphatic heterocycles. The summed E-state index contributed by atoms with van der Waals surface area (Å²) >= 11 is 0. The zero-order valence-corrected chi connectivity index (χ0v) is 17.9. The Labute approximate surface area is 175 Å². The van der Waals surface area contributed by atoms with Crippen LogP contribution in [-0.4, -0.2) is 44.4 Å². The fraction of sp³-hybridized carbons (Fsp3) is 0.591. The van der Waals surface area contributed by atoms with Gasteiger partial charge in [-0.3, -0.25) is 9.48 Å². The highest BCUT2D eigenvalue weighted by molar-refractivity contribution is 5.81. The van der Waals surface area contributed by atoms with E-state index in [0.717, 1.165) is 18.4 Å². The molecule has 1 aromatic heterocycles. The smallest absolute Gasteiger partial charge is 0.410 e. The van der Waals surface area contributed by atoms with Gasteiger partial charge in [-0.15, -0.1) is 5.10 Å². The molecule has 2 amide bonds. The van der Waals surface area contributed by atoms with Crippen LogP contribution in [0, 0.1) is 11.9 Å². The Hall–Kier alpha value is -2.64. The number of fused-ring (bicyclic) bond motifs is 3. The van der Waals surface area contributed by atoms with Gasteiger partial charge in [-0.25, -0.2) is 4.79 Å². The van der Waals surface area contributed by atoms with Crippen molar-refractivity contribution in [3.63, 3.8) is 0 Å². The predicted molar refractivity (Wildman–Crippen MR) is 110 cm³/mol. The van der Waals surface area contributed by atoms with E-state index < -0.39 is 11.5 Å². The Morgan fingerprint density at radius 3 is 2.53 bits per heavy atom. The summed E-state index contributed by atoms with van der Waals surface area (Å²) in [6, 6.07) is 5.52. The van der Waals surface area contributed by atoms with Crippen molar-refractivity contribution in [3.8, 4) is 0 Å². The van der Waals surface area contributed by atoms with Crippen molar-refractivity contribution in [2.75, 3.05) is 0 Å². The van der Waals surface area contributed by atoms with Crippen LogP contribution in [0.4, 0.5) is 9.18 Å². The van der Waals surface area contributed by atoms with E-state index in [0.29, 0.717) is 30.3 Å². The van der Waals surface area contributed by atoms with E-state index in [1.807, 2.05) is 37.8 Å². The van der Waals surface area contributed by atoms with Crippen molar-refractivity contribution in [2.45, 2.75) is 70.7 Å². The maximum Gasteiger partial charge on any atom is 0.410 e. The van der Waals surface area contributed by atoms with E-state index in [2.05, 4.69) is 10.4 Å². The number of rotatable bonds is 3. The van der Waals surface area contributed by atoms with Gasteiger partial charge in [0, 0.05) is 31.6 Å². The number of carbonyl (C=O) groups excluding carboxylic acids is 2. The summed E-state index contributed by atoms with van der Waals surface area (Å²) in [5.74, 6) is -0.644. The zero-order chi connectivity index (χ0) is 21.6. The molecule has 162 valence electrons. The molecule has 0 radical (unpaired) electrons. The van der Waals surface area contributed by atoms with Gasteiger partial charge >= 0.3 is 6.09 Å². The molecule has 0 aliphatic carbocycles. The fourth-order valence-electron chi connectivity index (χ4n) is 4.72. The minimum atomic E-state index is -0.528. The molecule has 7 nitrogen and oxygen atoms in total. The van der Waals surface area contributed by atoms with Crippen molar-refractivity contribution in [1.29, 1.82) is 0 Å². The second-order valence-electron chi connectivity index (χ2n) is 9.42. The summed E-state index contributed by atoms with van der Waals surface area (Å²) in [7, 11) is 1.70. The summed E-state index contributed by atoms with van der Waals surface area (Å²) in [6.45, 7) is 5.93. The molecule has 4 rings (SSSR count). The van der Waals surface area contributed by atoms with Gasteiger partial charge in [0.1, 0.15) is 5.60 Å². The fourth-order valence-corrected chi connectivity index (χ4v) is 4.72. The van der Waals surface area contributed by atoms with Gasteiger partial charge in [0.2, 0.25) is 11.9 Å². The number of carbonyl (C=O) groups is 2. The normalized spacial score (nSPS) is 23.6. The summed E-state index contributed by atoms with van der Waals surface area (Å²) < 4.78 is 21.0. The van der Waals surface area contributed by atoms with Crippen LogP contribution in [0.15, 0.2) is 18.2 Å². The number of halogens is 1. The molecule has 2 bridgehead atoms. The van der Waals surface area contributed by atoms with E-state index in [1.165, 1.54) is 4.68 Å². The first kappa shape index (κ1) is 20.6. The van der Waals surface area contributed by atoms with E-state index in [4.69, 9.17) is 4.74 Å². The highest BCUT2D eigenvalue weighted by Crippen LogP contribution is 2.39. The van der Waals surface area contributed by atoms with Crippen LogP contribution in [0.5, 0.6) is 0 Å². The van der Waals surface area contributed by atoms with Crippen molar-refractivity contribution >= 4 is 22.9 Å². The van der Waals surface area contributed by atoms with Gasteiger partial charge in [0.05, 0.1) is 10.9 Å². The lowest BCUT2D eigenvalue weighted by Crippen LogP contribution is -2.50. The first-order valence-corrected chi connectivity index (χ1v) is 10.5. The maximum absolute atomic E-state index is 13.9. The molecule has 0 spiro atoms. The number of hydrogen-bond donors (Lipinski definition) is 1. The molecule has 2 aromatic rings. The number of aromatic nitrogens is 2. The Morgan fingerprint density at radius 2 is 1.90 bits per heavy atom. The van der Waals surface area contributed by atoms with Crippen LogP contribution in [0.3, 0.4) is 0 Å². The molecule has 0 unspecified atom stereocenters. The Morgan fingerprint density at radius 1 is 1.23 bits per heavy atom. The molecule has 0 saturated carbocycles. The third-order valence-corrected chi connectivity index (χ3v) is 6.04. The lowest BCUT2D eigenvalue weighted by Gasteiger charge is -2.39. The number of ether oxygens (including phenoxy) is 1. The van der Waals surface area contributed by atoms with Crippen LogP contribution in [0.1, 0.15) is 52.0 Å². The highest BCUT2D eigenvalue weighted by Gasteiger charge is 2.46. The number of aryl methyl sites for hydroxylation is 1. The van der Waals surface area contributed by atoms with Crippen LogP contribution >= 0.6 is 0 Å². The van der Waals surface area contributed by atoms with Crippen molar-refractivity contribution in [1.82, 2.24) is 20.0 Å². The minimum Gasteiger partial charge on any atom is -0.444 e. The number of piperidine rings is 1. The van der Waals surface area contributed by atoms with E-state index in [9.17, 15) is 14.0 Å². The molecule has 8 heteroatoms. The Bertz CT molecular complexity index is 967. The number of benzene rings is 1. The number of amides is 2. The first-order chi connectivity index (χ1) is 14.1. The summed E-state index contributed by atoms with van der Waals surface area (Å²) in [4.78, 5) is 27.2. The lowest BCUT2D eigenvalue weighted by atomic mass is 9.90. The molecule has 30 heavy (non-hydrogen) atoms. The SMILES string of the molecule is Cn1nc(F)c2cc(CNC(=O)[C@@H]3C[C@H]4CC[C@@H](C3)N4C(=O)OC(C)(C)C)ccc21. The summed E-state index contributed by atoms with van der Waals surface area (Å²) in [5.41, 5.74) is 1.02. The predicted octanol–water partition coefficient (Wildman–Crippen LogP) is 3.51. The summed E-state index contributed by atoms with van der Waals surface area (Å²) in [6.07, 6.45) is 2.84. The monoisotopic (exact) mass is 416 g/mol. The van der Waals surface area contributed by atoms with Gasteiger partial charge in [-0.2, -0.15) is 4.39 Å². The quantitative estimate of drug-likeness (QED) is 0.831. The highest BCUT2D eigenvalue weighted by atomic mass is 19.1. The molecule has 1 aromatic carbocycles. The van der Waals surface area contributed by atoms with E-state index >= 15 is 0 Å². The topological polar surface area (TPSA) is 76.5 Å². The average molecular weight is 416 g/mol. The van der Waals surface area contributed by atoms with Gasteiger partial charge in [-0.05, 0) is 64.2 Å². The van der Waals surface area contributed by atoms with Crippen molar-refractivity contribution in [2.24, 2.45) is 13.0 Å². The van der Waals surface area contributed by atoms with Gasteiger partial charge < -0.3 is 15.0 Å². The number of nitrogens with one attached hydrogen (secondary N) is 1. The third-order valence-electron chi connectivity index (χ3n) is 6.04. The Kier molecular flexibility index (Phi) is 5.20. The van der Waals surface area contributed by atoms with Gasteiger partial charge in [0.15, 0.2) is 0 Å². The first-order valence-electron chi connectivity index (χ1n) is 10.5. The van der Waals surface area contributed by atoms with Gasteiger partial charge in [-0.1, -0.05) is 6.07 Å². The van der Waals surface area contributed by atoms with E-state index in [-0.39, 0.29) is 30.0 Å². The molecule has 1 N–H and O–H groups in total. The third kappa shape index (κ3) is 4.00. The van der Waals surface area contributed by atoms with Crippen LogP contribution in [-0.2, 0) is 23.1 Å². The minimum absolute atomic E-state index is 0.0116. The number of hydrogen-bond acceptors (Lipinski definition) is 4. The largest absolute Gasteiger partial charge is 0.444 e. The Balaban J connectivity index is 1.37. The molecular weight excluding hydrogens is 387 g/mol. The van der Waals surface area contributed by atoms with Crippen molar-refractivity contribution < 1.29 is 18.7 Å². The maximum atomic E-state index is 13.9. The number of nitrogens with zero attached hydrogens (tertiary/aromatic N) is 3. The van der Waals surface area contributed by atoms with Crippen LogP contribution in [0.25, 0.3) is 10.9 Å². The molecule has 3 heterocycles. The average Bonchev–Trinajstić information content (AvgIpc) is 3.10. The molecule has 3 atom stereocenters. The second-order valence-corrected chi connectivity index (χ2v) is 9.42.